The van der Waals surface area contributed by atoms with Crippen LogP contribution < -0.4 is 10.1 Å². The smallest absolute Gasteiger partial charge is 0.142 e. The summed E-state index contributed by atoms with van der Waals surface area (Å²) in [5.41, 5.74) is 7.13. The summed E-state index contributed by atoms with van der Waals surface area (Å²) in [4.78, 5) is 20.3. The Kier molecular flexibility index (Phi) is 6.15. The lowest BCUT2D eigenvalue weighted by molar-refractivity contribution is 0.393. The number of pyridine rings is 1. The van der Waals surface area contributed by atoms with Crippen LogP contribution in [0, 0.1) is 20.8 Å². The number of rotatable bonds is 7. The number of aryl methyl sites for hydroxylation is 3. The lowest BCUT2D eigenvalue weighted by Crippen LogP contribution is -2.21. The van der Waals surface area contributed by atoms with E-state index in [9.17, 15) is 0 Å². The number of methoxy groups -OCH3 is 1. The fraction of sp³-hybridized carbons (Fsp3) is 0.267. The van der Waals surface area contributed by atoms with E-state index in [-0.39, 0.29) is 0 Å². The highest BCUT2D eigenvalue weighted by Crippen LogP contribution is 2.42. The Morgan fingerprint density at radius 1 is 0.974 bits per heavy atom. The number of ether oxygens (including phenoxy) is 1. The van der Waals surface area contributed by atoms with Crippen LogP contribution in [0.15, 0.2) is 47.0 Å². The lowest BCUT2D eigenvalue weighted by atomic mass is 9.98. The number of nitrogens with zero attached hydrogens (tertiary/aromatic N) is 5. The Labute approximate surface area is 226 Å². The number of aromatic nitrogens is 5. The van der Waals surface area contributed by atoms with Crippen LogP contribution in [0.1, 0.15) is 17.3 Å². The Morgan fingerprint density at radius 2 is 1.79 bits per heavy atom. The van der Waals surface area contributed by atoms with Gasteiger partial charge in [-0.1, -0.05) is 23.4 Å². The van der Waals surface area contributed by atoms with Crippen LogP contribution in [0.4, 0.5) is 5.82 Å². The highest BCUT2D eigenvalue weighted by Gasteiger charge is 2.22. The number of hydrogen-bond donors (Lipinski definition) is 2. The number of nitrogens with one attached hydrogen (secondary N) is 2. The lowest BCUT2D eigenvalue weighted by Gasteiger charge is -2.14. The highest BCUT2D eigenvalue weighted by molar-refractivity contribution is 6.15. The summed E-state index contributed by atoms with van der Waals surface area (Å²) in [5, 5.41) is 10.6. The summed E-state index contributed by atoms with van der Waals surface area (Å²) < 4.78 is 11.3. The van der Waals surface area contributed by atoms with Gasteiger partial charge in [0.25, 0.3) is 0 Å². The molecule has 0 aliphatic carbocycles. The molecule has 0 saturated heterocycles. The monoisotopic (exact) mass is 521 g/mol. The zero-order valence-electron chi connectivity index (χ0n) is 23.0. The second kappa shape index (κ2) is 9.67. The number of para-hydroxylation sites is 1. The first-order chi connectivity index (χ1) is 18.8. The Hall–Kier alpha value is -4.50. The first-order valence-electron chi connectivity index (χ1n) is 12.9. The van der Waals surface area contributed by atoms with Crippen molar-refractivity contribution in [3.63, 3.8) is 0 Å². The largest absolute Gasteiger partial charge is 0.496 e. The van der Waals surface area contributed by atoms with Crippen molar-refractivity contribution in [3.8, 4) is 28.1 Å². The molecule has 4 heterocycles. The van der Waals surface area contributed by atoms with E-state index >= 15 is 0 Å². The number of anilines is 1. The molecule has 0 radical (unpaired) electrons. The quantitative estimate of drug-likeness (QED) is 0.268. The maximum absolute atomic E-state index is 5.88. The van der Waals surface area contributed by atoms with Gasteiger partial charge in [0, 0.05) is 40.5 Å². The van der Waals surface area contributed by atoms with E-state index in [1.165, 1.54) is 0 Å². The van der Waals surface area contributed by atoms with Crippen molar-refractivity contribution in [1.82, 2.24) is 30.0 Å². The van der Waals surface area contributed by atoms with Crippen LogP contribution in [0.25, 0.3) is 55.2 Å². The number of likely N-dealkylation sites (N-methyl/N-ethyl adjacent to an activating group) is 1. The van der Waals surface area contributed by atoms with E-state index in [0.29, 0.717) is 5.82 Å². The van der Waals surface area contributed by atoms with Crippen LogP contribution in [0.2, 0.25) is 0 Å². The van der Waals surface area contributed by atoms with Crippen molar-refractivity contribution < 1.29 is 9.26 Å². The van der Waals surface area contributed by atoms with E-state index in [0.717, 1.165) is 91.3 Å². The molecule has 0 bridgehead atoms. The maximum atomic E-state index is 5.88. The van der Waals surface area contributed by atoms with Crippen LogP contribution >= 0.6 is 0 Å². The average molecular weight is 522 g/mol. The van der Waals surface area contributed by atoms with Gasteiger partial charge in [-0.15, -0.1) is 0 Å². The van der Waals surface area contributed by atoms with Gasteiger partial charge in [0.15, 0.2) is 0 Å². The third-order valence-electron chi connectivity index (χ3n) is 7.02. The maximum Gasteiger partial charge on any atom is 0.142 e. The van der Waals surface area contributed by atoms with Crippen molar-refractivity contribution in [2.24, 2.45) is 0 Å². The molecule has 0 saturated carbocycles. The first kappa shape index (κ1) is 24.8. The number of aromatic amines is 1. The average Bonchev–Trinajstić information content (AvgIpc) is 3.44. The van der Waals surface area contributed by atoms with Gasteiger partial charge in [0.1, 0.15) is 28.8 Å². The molecule has 2 N–H and O–H groups in total. The summed E-state index contributed by atoms with van der Waals surface area (Å²) in [5.74, 6) is 2.98. The third kappa shape index (κ3) is 4.34. The Balaban J connectivity index is 1.61. The normalized spacial score (nSPS) is 11.8. The van der Waals surface area contributed by atoms with E-state index in [4.69, 9.17) is 24.2 Å². The number of hydrogen-bond acceptors (Lipinski definition) is 8. The third-order valence-corrected chi connectivity index (χ3v) is 7.02. The molecule has 0 unspecified atom stereocenters. The molecule has 0 spiro atoms. The summed E-state index contributed by atoms with van der Waals surface area (Å²) in [6.45, 7) is 7.45. The fourth-order valence-corrected chi connectivity index (χ4v) is 5.23. The van der Waals surface area contributed by atoms with Gasteiger partial charge in [0.2, 0.25) is 0 Å². The zero-order chi connectivity index (χ0) is 27.3. The molecular weight excluding hydrogens is 490 g/mol. The summed E-state index contributed by atoms with van der Waals surface area (Å²) in [6, 6.07) is 14.4. The highest BCUT2D eigenvalue weighted by atomic mass is 16.5. The predicted molar refractivity (Wildman–Crippen MR) is 155 cm³/mol. The molecule has 39 heavy (non-hydrogen) atoms. The Bertz CT molecular complexity index is 1830. The van der Waals surface area contributed by atoms with Gasteiger partial charge in [-0.2, -0.15) is 0 Å². The van der Waals surface area contributed by atoms with Crippen LogP contribution in [-0.4, -0.2) is 64.3 Å². The number of benzene rings is 2. The molecule has 0 fully saturated rings. The van der Waals surface area contributed by atoms with Crippen molar-refractivity contribution in [1.29, 1.82) is 0 Å². The molecule has 6 rings (SSSR count). The second-order valence-electron chi connectivity index (χ2n) is 10.1. The van der Waals surface area contributed by atoms with Gasteiger partial charge in [-0.25, -0.2) is 15.0 Å². The minimum atomic E-state index is 0.685. The number of H-pyrrole nitrogens is 1. The van der Waals surface area contributed by atoms with Crippen molar-refractivity contribution in [2.45, 2.75) is 20.8 Å². The van der Waals surface area contributed by atoms with Crippen LogP contribution in [-0.2, 0) is 0 Å². The van der Waals surface area contributed by atoms with E-state index in [1.807, 2.05) is 39.0 Å². The molecule has 2 aromatic carbocycles. The van der Waals surface area contributed by atoms with Gasteiger partial charge in [0.05, 0.1) is 35.0 Å². The molecule has 0 aliphatic rings. The fourth-order valence-electron chi connectivity index (χ4n) is 5.23. The van der Waals surface area contributed by atoms with Crippen molar-refractivity contribution in [3.05, 3.63) is 59.7 Å². The first-order valence-corrected chi connectivity index (χ1v) is 12.9. The van der Waals surface area contributed by atoms with Gasteiger partial charge >= 0.3 is 0 Å². The van der Waals surface area contributed by atoms with Crippen LogP contribution in [0.5, 0.6) is 5.75 Å². The molecule has 0 aliphatic heterocycles. The molecule has 0 atom stereocenters. The van der Waals surface area contributed by atoms with Crippen LogP contribution in [0.3, 0.4) is 0 Å². The minimum absolute atomic E-state index is 0.685. The molecular formula is C30H31N7O2. The minimum Gasteiger partial charge on any atom is -0.496 e. The van der Waals surface area contributed by atoms with Gasteiger partial charge < -0.3 is 24.5 Å². The summed E-state index contributed by atoms with van der Waals surface area (Å²) in [7, 11) is 5.80. The molecule has 9 heteroatoms. The van der Waals surface area contributed by atoms with Gasteiger partial charge in [-0.05, 0) is 59.1 Å². The SMILES string of the molecule is COc1cc2c(cc1-c1c(C)noc1C)[nH]c1nc(C)nc(-c3cc(NCCN(C)C)nc4ccccc34)c12. The molecule has 4 aromatic heterocycles. The topological polar surface area (TPSA) is 105 Å². The summed E-state index contributed by atoms with van der Waals surface area (Å²) in [6.07, 6.45) is 0. The van der Waals surface area contributed by atoms with Crippen molar-refractivity contribution >= 4 is 38.7 Å². The van der Waals surface area contributed by atoms with Crippen molar-refractivity contribution in [2.75, 3.05) is 39.6 Å². The van der Waals surface area contributed by atoms with Gasteiger partial charge in [-0.3, -0.25) is 0 Å². The second-order valence-corrected chi connectivity index (χ2v) is 10.1. The van der Waals surface area contributed by atoms with E-state index in [1.54, 1.807) is 7.11 Å². The molecule has 0 amide bonds. The standard InChI is InChI=1S/C30H31N7O2/c1-16-27(17(2)39-36-16)22-13-24-21(14-25(22)38-6)28-29(32-18(3)33-30(28)35-24)20-15-26(31-11-12-37(4)5)34-23-10-8-7-9-19(20)23/h7-10,13-15H,11-12H2,1-6H3,(H,31,34)(H,32,33,35). The Morgan fingerprint density at radius 3 is 2.54 bits per heavy atom. The predicted octanol–water partition coefficient (Wildman–Crippen LogP) is 5.89. The number of fused-ring (bicyclic) bond motifs is 4. The summed E-state index contributed by atoms with van der Waals surface area (Å²) >= 11 is 0. The van der Waals surface area contributed by atoms with E-state index in [2.05, 4.69) is 58.7 Å². The molecule has 198 valence electrons. The zero-order valence-corrected chi connectivity index (χ0v) is 23.0. The van der Waals surface area contributed by atoms with E-state index < -0.39 is 0 Å². The molecule has 9 nitrogen and oxygen atoms in total. The molecule has 6 aromatic rings.